The number of Topliss-reactive ketones (excluding diaryl/α,β-unsaturated/α-hetero) is 1. The first-order chi connectivity index (χ1) is 10.1. The molecule has 0 saturated carbocycles. The predicted octanol–water partition coefficient (Wildman–Crippen LogP) is 2.50. The second-order valence-electron chi connectivity index (χ2n) is 4.49. The summed E-state index contributed by atoms with van der Waals surface area (Å²) in [6.07, 6.45) is 2.31. The lowest BCUT2D eigenvalue weighted by Gasteiger charge is -2.03. The zero-order chi connectivity index (χ0) is 15.2. The third-order valence-electron chi connectivity index (χ3n) is 3.00. The number of rotatable bonds is 7. The van der Waals surface area contributed by atoms with Crippen molar-refractivity contribution in [2.45, 2.75) is 33.2 Å². The van der Waals surface area contributed by atoms with E-state index in [9.17, 15) is 9.59 Å². The van der Waals surface area contributed by atoms with E-state index in [1.54, 1.807) is 12.3 Å². The van der Waals surface area contributed by atoms with Crippen LogP contribution in [0.1, 0.15) is 35.0 Å². The first-order valence-electron chi connectivity index (χ1n) is 6.91. The fourth-order valence-electron chi connectivity index (χ4n) is 2.04. The van der Waals surface area contributed by atoms with Crippen molar-refractivity contribution in [2.75, 3.05) is 6.61 Å². The van der Waals surface area contributed by atoms with E-state index in [0.29, 0.717) is 18.0 Å². The monoisotopic (exact) mass is 306 g/mol. The molecule has 0 bridgehead atoms. The topological polar surface area (TPSA) is 61.2 Å². The van der Waals surface area contributed by atoms with Gasteiger partial charge in [-0.25, -0.2) is 4.98 Å². The Labute approximate surface area is 127 Å². The first-order valence-corrected chi connectivity index (χ1v) is 7.79. The van der Waals surface area contributed by atoms with E-state index in [0.717, 1.165) is 11.6 Å². The average molecular weight is 306 g/mol. The second kappa shape index (κ2) is 7.17. The standard InChI is InChI=1S/C15H18N2O3S/c1-3-17-7-5-6-12(17)13(18)9-14-16-11(10-21-14)8-15(19)20-4-2/h5-7,10H,3-4,8-9H2,1-2H3. The van der Waals surface area contributed by atoms with Crippen molar-refractivity contribution in [3.8, 4) is 0 Å². The number of hydrogen-bond donors (Lipinski definition) is 0. The third kappa shape index (κ3) is 4.01. The van der Waals surface area contributed by atoms with E-state index in [4.69, 9.17) is 4.74 Å². The van der Waals surface area contributed by atoms with Crippen LogP contribution in [0.5, 0.6) is 0 Å². The Balaban J connectivity index is 1.99. The fraction of sp³-hybridized carbons (Fsp3) is 0.400. The molecule has 5 nitrogen and oxygen atoms in total. The normalized spacial score (nSPS) is 10.6. The second-order valence-corrected chi connectivity index (χ2v) is 5.44. The van der Waals surface area contributed by atoms with Crippen LogP contribution in [-0.4, -0.2) is 27.9 Å². The predicted molar refractivity (Wildman–Crippen MR) is 80.6 cm³/mol. The van der Waals surface area contributed by atoms with Crippen LogP contribution in [0.15, 0.2) is 23.7 Å². The minimum Gasteiger partial charge on any atom is -0.466 e. The summed E-state index contributed by atoms with van der Waals surface area (Å²) < 4.78 is 6.79. The molecule has 2 rings (SSSR count). The van der Waals surface area contributed by atoms with Crippen LogP contribution in [0.4, 0.5) is 0 Å². The number of esters is 1. The largest absolute Gasteiger partial charge is 0.466 e. The number of aromatic nitrogens is 2. The van der Waals surface area contributed by atoms with Gasteiger partial charge in [0.25, 0.3) is 0 Å². The molecule has 0 N–H and O–H groups in total. The van der Waals surface area contributed by atoms with Gasteiger partial charge >= 0.3 is 5.97 Å². The summed E-state index contributed by atoms with van der Waals surface area (Å²) >= 11 is 1.40. The van der Waals surface area contributed by atoms with Crippen LogP contribution in [0.25, 0.3) is 0 Å². The highest BCUT2D eigenvalue weighted by atomic mass is 32.1. The zero-order valence-corrected chi connectivity index (χ0v) is 13.0. The van der Waals surface area contributed by atoms with E-state index < -0.39 is 0 Å². The highest BCUT2D eigenvalue weighted by Gasteiger charge is 2.14. The number of hydrogen-bond acceptors (Lipinski definition) is 5. The molecule has 2 aromatic heterocycles. The average Bonchev–Trinajstić information content (AvgIpc) is 3.07. The van der Waals surface area contributed by atoms with Crippen molar-refractivity contribution in [3.05, 3.63) is 40.1 Å². The Bertz CT molecular complexity index is 630. The molecule has 0 atom stereocenters. The number of carbonyl (C=O) groups is 2. The molecular weight excluding hydrogens is 288 g/mol. The number of carbonyl (C=O) groups excluding carboxylic acids is 2. The Kier molecular flexibility index (Phi) is 5.27. The number of nitrogens with zero attached hydrogens (tertiary/aromatic N) is 2. The zero-order valence-electron chi connectivity index (χ0n) is 12.2. The Hall–Kier alpha value is -1.95. The van der Waals surface area contributed by atoms with Gasteiger partial charge in [-0.1, -0.05) is 0 Å². The summed E-state index contributed by atoms with van der Waals surface area (Å²) in [5.74, 6) is -0.251. The molecule has 0 aliphatic carbocycles. The lowest BCUT2D eigenvalue weighted by molar-refractivity contribution is -0.142. The smallest absolute Gasteiger partial charge is 0.311 e. The maximum absolute atomic E-state index is 12.2. The minimum atomic E-state index is -0.291. The maximum Gasteiger partial charge on any atom is 0.311 e. The maximum atomic E-state index is 12.2. The minimum absolute atomic E-state index is 0.0406. The van der Waals surface area contributed by atoms with Crippen molar-refractivity contribution in [2.24, 2.45) is 0 Å². The number of ketones is 1. The van der Waals surface area contributed by atoms with E-state index in [2.05, 4.69) is 4.98 Å². The Morgan fingerprint density at radius 3 is 2.86 bits per heavy atom. The van der Waals surface area contributed by atoms with Crippen LogP contribution >= 0.6 is 11.3 Å². The van der Waals surface area contributed by atoms with Gasteiger partial charge < -0.3 is 9.30 Å². The van der Waals surface area contributed by atoms with Gasteiger partial charge in [0.1, 0.15) is 5.01 Å². The SMILES string of the molecule is CCOC(=O)Cc1csc(CC(=O)c2cccn2CC)n1. The van der Waals surface area contributed by atoms with Gasteiger partial charge in [-0.05, 0) is 26.0 Å². The molecule has 0 radical (unpaired) electrons. The highest BCUT2D eigenvalue weighted by Crippen LogP contribution is 2.14. The number of ether oxygens (including phenoxy) is 1. The lowest BCUT2D eigenvalue weighted by Crippen LogP contribution is -2.10. The molecule has 21 heavy (non-hydrogen) atoms. The van der Waals surface area contributed by atoms with Crippen LogP contribution in [0, 0.1) is 0 Å². The van der Waals surface area contributed by atoms with Gasteiger partial charge in [0.15, 0.2) is 5.78 Å². The molecule has 0 unspecified atom stereocenters. The van der Waals surface area contributed by atoms with E-state index in [-0.39, 0.29) is 24.6 Å². The molecule has 0 aromatic carbocycles. The quantitative estimate of drug-likeness (QED) is 0.582. The van der Waals surface area contributed by atoms with E-state index >= 15 is 0 Å². The molecule has 2 heterocycles. The summed E-state index contributed by atoms with van der Waals surface area (Å²) in [5, 5.41) is 2.53. The Morgan fingerprint density at radius 1 is 1.33 bits per heavy atom. The van der Waals surface area contributed by atoms with Crippen LogP contribution in [-0.2, 0) is 28.9 Å². The molecule has 0 aliphatic rings. The number of aryl methyl sites for hydroxylation is 1. The first kappa shape index (κ1) is 15.4. The van der Waals surface area contributed by atoms with E-state index in [1.807, 2.05) is 29.8 Å². The van der Waals surface area contributed by atoms with Gasteiger partial charge in [0, 0.05) is 18.1 Å². The highest BCUT2D eigenvalue weighted by molar-refractivity contribution is 7.09. The molecule has 0 aliphatic heterocycles. The van der Waals surface area contributed by atoms with Crippen molar-refractivity contribution >= 4 is 23.1 Å². The van der Waals surface area contributed by atoms with Gasteiger partial charge in [-0.15, -0.1) is 11.3 Å². The van der Waals surface area contributed by atoms with Crippen molar-refractivity contribution < 1.29 is 14.3 Å². The van der Waals surface area contributed by atoms with Crippen LogP contribution in [0.2, 0.25) is 0 Å². The van der Waals surface area contributed by atoms with Gasteiger partial charge in [0.05, 0.1) is 30.8 Å². The number of thiazole rings is 1. The summed E-state index contributed by atoms with van der Waals surface area (Å²) in [7, 11) is 0. The molecule has 112 valence electrons. The molecule has 0 spiro atoms. The van der Waals surface area contributed by atoms with Gasteiger partial charge in [0.2, 0.25) is 0 Å². The molecule has 0 fully saturated rings. The van der Waals surface area contributed by atoms with Crippen LogP contribution < -0.4 is 0 Å². The van der Waals surface area contributed by atoms with Crippen molar-refractivity contribution in [1.82, 2.24) is 9.55 Å². The summed E-state index contributed by atoms with van der Waals surface area (Å²) in [6, 6.07) is 3.68. The fourth-order valence-corrected chi connectivity index (χ4v) is 2.83. The third-order valence-corrected chi connectivity index (χ3v) is 3.90. The lowest BCUT2D eigenvalue weighted by atomic mass is 10.2. The summed E-state index contributed by atoms with van der Waals surface area (Å²) in [4.78, 5) is 28.0. The summed E-state index contributed by atoms with van der Waals surface area (Å²) in [6.45, 7) is 4.89. The van der Waals surface area contributed by atoms with Gasteiger partial charge in [-0.2, -0.15) is 0 Å². The molecule has 2 aromatic rings. The molecule has 0 saturated heterocycles. The molecule has 0 amide bonds. The van der Waals surface area contributed by atoms with Crippen LogP contribution in [0.3, 0.4) is 0 Å². The van der Waals surface area contributed by atoms with Gasteiger partial charge in [-0.3, -0.25) is 9.59 Å². The summed E-state index contributed by atoms with van der Waals surface area (Å²) in [5.41, 5.74) is 1.35. The Morgan fingerprint density at radius 2 is 2.14 bits per heavy atom. The molecule has 6 heteroatoms. The van der Waals surface area contributed by atoms with E-state index in [1.165, 1.54) is 11.3 Å². The van der Waals surface area contributed by atoms with Crippen molar-refractivity contribution in [1.29, 1.82) is 0 Å². The molecular formula is C15H18N2O3S. The van der Waals surface area contributed by atoms with Crippen molar-refractivity contribution in [3.63, 3.8) is 0 Å².